The second-order valence-corrected chi connectivity index (χ2v) is 5.57. The van der Waals surface area contributed by atoms with Gasteiger partial charge in [0.05, 0.1) is 6.61 Å². The molecule has 9 nitrogen and oxygen atoms in total. The molecule has 0 radical (unpaired) electrons. The second kappa shape index (κ2) is 11.2. The maximum atomic E-state index is 11.6. The topological polar surface area (TPSA) is 114 Å². The number of esters is 2. The number of nitrogens with zero attached hydrogens (tertiary/aromatic N) is 3. The summed E-state index contributed by atoms with van der Waals surface area (Å²) in [6, 6.07) is 0. The molecule has 1 aromatic heterocycles. The molecule has 0 N–H and O–H groups in total. The van der Waals surface area contributed by atoms with Gasteiger partial charge >= 0.3 is 17.8 Å². The number of nitro groups is 1. The lowest BCUT2D eigenvalue weighted by atomic mass is 10.2. The van der Waals surface area contributed by atoms with Crippen LogP contribution in [0.15, 0.2) is 6.20 Å². The Bertz CT molecular complexity index is 584. The van der Waals surface area contributed by atoms with Crippen LogP contribution < -0.4 is 0 Å². The summed E-state index contributed by atoms with van der Waals surface area (Å²) in [7, 11) is 0. The number of carbonyl (C=O) groups excluding carboxylic acids is 2. The molecule has 0 fully saturated rings. The highest BCUT2D eigenvalue weighted by atomic mass is 16.6. The fourth-order valence-electron chi connectivity index (χ4n) is 2.19. The lowest BCUT2D eigenvalue weighted by Crippen LogP contribution is -2.14. The summed E-state index contributed by atoms with van der Waals surface area (Å²) in [6.07, 6.45) is 4.74. The summed E-state index contributed by atoms with van der Waals surface area (Å²) < 4.78 is 11.5. The number of hydrogen-bond acceptors (Lipinski definition) is 7. The Morgan fingerprint density at radius 2 is 1.80 bits per heavy atom. The fourth-order valence-corrected chi connectivity index (χ4v) is 2.19. The van der Waals surface area contributed by atoms with E-state index in [1.807, 2.05) is 0 Å². The van der Waals surface area contributed by atoms with E-state index in [9.17, 15) is 19.7 Å². The maximum Gasteiger partial charge on any atom is 0.342 e. The number of aromatic nitrogens is 2. The molecule has 0 saturated heterocycles. The third kappa shape index (κ3) is 7.77. The van der Waals surface area contributed by atoms with Crippen molar-refractivity contribution >= 4 is 17.8 Å². The maximum absolute atomic E-state index is 11.6. The minimum Gasteiger partial charge on any atom is -0.466 e. The van der Waals surface area contributed by atoms with Gasteiger partial charge in [-0.3, -0.25) is 9.59 Å². The molecule has 140 valence electrons. The first-order valence-electron chi connectivity index (χ1n) is 8.43. The van der Waals surface area contributed by atoms with E-state index >= 15 is 0 Å². The smallest absolute Gasteiger partial charge is 0.342 e. The van der Waals surface area contributed by atoms with Gasteiger partial charge in [0.15, 0.2) is 5.82 Å². The zero-order valence-corrected chi connectivity index (χ0v) is 14.7. The molecule has 0 spiro atoms. The first-order valence-corrected chi connectivity index (χ1v) is 8.43. The van der Waals surface area contributed by atoms with E-state index in [4.69, 9.17) is 9.47 Å². The van der Waals surface area contributed by atoms with Crippen molar-refractivity contribution in [2.75, 3.05) is 13.2 Å². The first kappa shape index (κ1) is 20.6. The lowest BCUT2D eigenvalue weighted by Gasteiger charge is -2.06. The second-order valence-electron chi connectivity index (χ2n) is 5.57. The molecule has 0 saturated carbocycles. The van der Waals surface area contributed by atoms with Crippen LogP contribution in [-0.4, -0.2) is 39.6 Å². The van der Waals surface area contributed by atoms with Crippen molar-refractivity contribution in [2.24, 2.45) is 0 Å². The van der Waals surface area contributed by atoms with Gasteiger partial charge in [-0.05, 0) is 17.8 Å². The van der Waals surface area contributed by atoms with Gasteiger partial charge in [-0.15, -0.1) is 0 Å². The Morgan fingerprint density at radius 1 is 1.16 bits per heavy atom. The Balaban J connectivity index is 2.18. The van der Waals surface area contributed by atoms with Gasteiger partial charge in [-0.25, -0.2) is 9.55 Å². The molecule has 0 aliphatic heterocycles. The van der Waals surface area contributed by atoms with Crippen molar-refractivity contribution in [3.8, 4) is 0 Å². The van der Waals surface area contributed by atoms with Crippen LogP contribution in [-0.2, 0) is 25.6 Å². The molecular formula is C16H25N3O6. The lowest BCUT2D eigenvalue weighted by molar-refractivity contribution is -0.392. The van der Waals surface area contributed by atoms with E-state index in [0.717, 1.165) is 19.3 Å². The van der Waals surface area contributed by atoms with Crippen molar-refractivity contribution in [2.45, 2.75) is 58.9 Å². The van der Waals surface area contributed by atoms with Gasteiger partial charge in [-0.1, -0.05) is 19.8 Å². The predicted octanol–water partition coefficient (Wildman–Crippen LogP) is 2.55. The highest BCUT2D eigenvalue weighted by Crippen LogP contribution is 2.13. The van der Waals surface area contributed by atoms with Gasteiger partial charge in [-0.2, -0.15) is 0 Å². The van der Waals surface area contributed by atoms with Gasteiger partial charge in [0.2, 0.25) is 0 Å². The van der Waals surface area contributed by atoms with Crippen LogP contribution in [0.5, 0.6) is 0 Å². The molecule has 1 aromatic rings. The number of ether oxygens (including phenoxy) is 2. The summed E-state index contributed by atoms with van der Waals surface area (Å²) in [5.74, 6) is -0.416. The van der Waals surface area contributed by atoms with Crippen LogP contribution in [0.2, 0.25) is 0 Å². The molecule has 9 heteroatoms. The number of unbranched alkanes of at least 4 members (excludes halogenated alkanes) is 2. The van der Waals surface area contributed by atoms with E-state index in [1.54, 1.807) is 6.92 Å². The third-order valence-electron chi connectivity index (χ3n) is 3.57. The number of carbonyl (C=O) groups is 2. The van der Waals surface area contributed by atoms with Crippen molar-refractivity contribution in [1.82, 2.24) is 9.55 Å². The largest absolute Gasteiger partial charge is 0.466 e. The third-order valence-corrected chi connectivity index (χ3v) is 3.57. The van der Waals surface area contributed by atoms with Gasteiger partial charge in [0.25, 0.3) is 0 Å². The summed E-state index contributed by atoms with van der Waals surface area (Å²) in [5, 5.41) is 10.8. The minimum absolute atomic E-state index is 0.0122. The van der Waals surface area contributed by atoms with Crippen LogP contribution in [0, 0.1) is 17.0 Å². The molecule has 1 heterocycles. The fraction of sp³-hybridized carbons (Fsp3) is 0.688. The summed E-state index contributed by atoms with van der Waals surface area (Å²) in [6.45, 7) is 4.30. The average molecular weight is 355 g/mol. The van der Waals surface area contributed by atoms with Gasteiger partial charge < -0.3 is 19.6 Å². The molecule has 1 rings (SSSR count). The van der Waals surface area contributed by atoms with Crippen molar-refractivity contribution in [1.29, 1.82) is 0 Å². The monoisotopic (exact) mass is 355 g/mol. The first-order chi connectivity index (χ1) is 12.0. The molecule has 0 aromatic carbocycles. The molecule has 0 amide bonds. The quantitative estimate of drug-likeness (QED) is 0.245. The number of aryl methyl sites for hydroxylation is 1. The van der Waals surface area contributed by atoms with Crippen LogP contribution in [0.4, 0.5) is 5.82 Å². The van der Waals surface area contributed by atoms with Crippen LogP contribution in [0.3, 0.4) is 0 Å². The summed E-state index contributed by atoms with van der Waals surface area (Å²) in [4.78, 5) is 37.2. The molecular weight excluding hydrogens is 330 g/mol. The summed E-state index contributed by atoms with van der Waals surface area (Å²) in [5.41, 5.74) is 0. The zero-order valence-electron chi connectivity index (χ0n) is 14.7. The molecule has 25 heavy (non-hydrogen) atoms. The van der Waals surface area contributed by atoms with Crippen molar-refractivity contribution in [3.63, 3.8) is 0 Å². The molecule has 0 aliphatic rings. The molecule has 0 unspecified atom stereocenters. The Hall–Kier alpha value is -2.45. The minimum atomic E-state index is -0.534. The number of rotatable bonds is 12. The Labute approximate surface area is 146 Å². The van der Waals surface area contributed by atoms with Crippen LogP contribution in [0.25, 0.3) is 0 Å². The SMILES string of the molecule is CCCCCOC(=O)CCCC(=O)OCCn1c([N+](=O)[O-])cnc1C. The Kier molecular flexibility index (Phi) is 9.20. The van der Waals surface area contributed by atoms with E-state index in [1.165, 1.54) is 10.8 Å². The normalized spacial score (nSPS) is 10.5. The van der Waals surface area contributed by atoms with Gasteiger partial charge in [0.1, 0.15) is 19.3 Å². The molecule has 0 aliphatic carbocycles. The highest BCUT2D eigenvalue weighted by Gasteiger charge is 2.17. The van der Waals surface area contributed by atoms with Crippen molar-refractivity contribution in [3.05, 3.63) is 22.1 Å². The Morgan fingerprint density at radius 3 is 2.40 bits per heavy atom. The van der Waals surface area contributed by atoms with E-state index in [2.05, 4.69) is 11.9 Å². The predicted molar refractivity (Wildman–Crippen MR) is 88.9 cm³/mol. The molecule has 0 bridgehead atoms. The standard InChI is InChI=1S/C16H25N3O6/c1-3-4-5-10-24-15(20)7-6-8-16(21)25-11-9-18-13(2)17-12-14(18)19(22)23/h12H,3-11H2,1-2H3. The number of hydrogen-bond donors (Lipinski definition) is 0. The zero-order chi connectivity index (χ0) is 18.7. The van der Waals surface area contributed by atoms with E-state index < -0.39 is 10.9 Å². The van der Waals surface area contributed by atoms with Gasteiger partial charge in [0, 0.05) is 19.8 Å². The van der Waals surface area contributed by atoms with Crippen molar-refractivity contribution < 1.29 is 24.0 Å². The summed E-state index contributed by atoms with van der Waals surface area (Å²) >= 11 is 0. The van der Waals surface area contributed by atoms with Crippen LogP contribution >= 0.6 is 0 Å². The van der Waals surface area contributed by atoms with Crippen LogP contribution in [0.1, 0.15) is 51.3 Å². The number of imidazole rings is 1. The highest BCUT2D eigenvalue weighted by molar-refractivity contribution is 5.72. The molecule has 0 atom stereocenters. The average Bonchev–Trinajstić information content (AvgIpc) is 2.93. The van der Waals surface area contributed by atoms with E-state index in [-0.39, 0.29) is 37.8 Å². The van der Waals surface area contributed by atoms with E-state index in [0.29, 0.717) is 18.9 Å².